The van der Waals surface area contributed by atoms with Crippen LogP contribution in [0, 0.1) is 0 Å². The highest BCUT2D eigenvalue weighted by Gasteiger charge is 2.46. The molecule has 0 aliphatic rings. The molecule has 0 atom stereocenters. The molecule has 3 rings (SSSR count). The van der Waals surface area contributed by atoms with Gasteiger partial charge in [0.1, 0.15) is 23.2 Å². The first kappa shape index (κ1) is 16.4. The molecule has 24 heavy (non-hydrogen) atoms. The first-order chi connectivity index (χ1) is 11.8. The van der Waals surface area contributed by atoms with E-state index in [-0.39, 0.29) is 5.91 Å². The van der Waals surface area contributed by atoms with E-state index < -0.39 is 7.26 Å². The van der Waals surface area contributed by atoms with Gasteiger partial charge in [-0.15, -0.1) is 0 Å². The van der Waals surface area contributed by atoms with E-state index in [1.54, 1.807) is 7.05 Å². The number of carbonyl (C=O) groups excluding carboxylic acids is 1. The summed E-state index contributed by atoms with van der Waals surface area (Å²) in [5.41, 5.74) is 0. The number of nitrogens with one attached hydrogen (secondary N) is 1. The van der Waals surface area contributed by atoms with E-state index in [0.29, 0.717) is 6.16 Å². The number of amides is 1. The molecule has 0 spiro atoms. The van der Waals surface area contributed by atoms with E-state index in [4.69, 9.17) is 0 Å². The van der Waals surface area contributed by atoms with Crippen LogP contribution < -0.4 is 21.2 Å². The van der Waals surface area contributed by atoms with E-state index in [1.165, 1.54) is 15.9 Å². The zero-order chi connectivity index (χ0) is 16.8. The van der Waals surface area contributed by atoms with Crippen molar-refractivity contribution < 1.29 is 4.79 Å². The Bertz CT molecular complexity index is 691. The first-order valence-electron chi connectivity index (χ1n) is 8.03. The van der Waals surface area contributed by atoms with Crippen molar-refractivity contribution in [3.05, 3.63) is 91.0 Å². The van der Waals surface area contributed by atoms with Crippen molar-refractivity contribution in [2.75, 3.05) is 13.2 Å². The maximum Gasteiger partial charge on any atom is 0.258 e. The fraction of sp³-hybridized carbons (Fsp3) is 0.0952. The van der Waals surface area contributed by atoms with Crippen LogP contribution in [-0.4, -0.2) is 19.1 Å². The van der Waals surface area contributed by atoms with Gasteiger partial charge in [0.15, 0.2) is 6.16 Å². The third kappa shape index (κ3) is 3.11. The second kappa shape index (κ2) is 7.42. The summed E-state index contributed by atoms with van der Waals surface area (Å²) in [5, 5.41) is 6.50. The molecule has 0 bridgehead atoms. The first-order valence-corrected chi connectivity index (χ1v) is 10.0. The maximum atomic E-state index is 12.5. The van der Waals surface area contributed by atoms with Crippen molar-refractivity contribution >= 4 is 29.1 Å². The van der Waals surface area contributed by atoms with Crippen molar-refractivity contribution in [2.24, 2.45) is 0 Å². The summed E-state index contributed by atoms with van der Waals surface area (Å²) in [6.07, 6.45) is 0.474. The van der Waals surface area contributed by atoms with Crippen LogP contribution in [0.15, 0.2) is 91.0 Å². The minimum atomic E-state index is -2.04. The predicted octanol–water partition coefficient (Wildman–Crippen LogP) is 2.73. The molecular formula is C21H21NOP+. The van der Waals surface area contributed by atoms with E-state index in [1.807, 2.05) is 18.2 Å². The van der Waals surface area contributed by atoms with E-state index in [9.17, 15) is 4.79 Å². The predicted molar refractivity (Wildman–Crippen MR) is 104 cm³/mol. The van der Waals surface area contributed by atoms with Gasteiger partial charge in [-0.3, -0.25) is 4.79 Å². The lowest BCUT2D eigenvalue weighted by Crippen LogP contribution is -2.38. The fourth-order valence-corrected chi connectivity index (χ4v) is 7.14. The molecule has 120 valence electrons. The number of hydrogen-bond donors (Lipinski definition) is 1. The molecule has 3 heteroatoms. The van der Waals surface area contributed by atoms with Crippen molar-refractivity contribution in [3.8, 4) is 0 Å². The van der Waals surface area contributed by atoms with Crippen molar-refractivity contribution in [2.45, 2.75) is 0 Å². The average molecular weight is 334 g/mol. The fourth-order valence-electron chi connectivity index (χ4n) is 3.06. The topological polar surface area (TPSA) is 29.1 Å². The minimum Gasteiger partial charge on any atom is -0.356 e. The lowest BCUT2D eigenvalue weighted by atomic mass is 10.4. The van der Waals surface area contributed by atoms with Crippen LogP contribution in [0.5, 0.6) is 0 Å². The quantitative estimate of drug-likeness (QED) is 0.714. The zero-order valence-corrected chi connectivity index (χ0v) is 14.6. The average Bonchev–Trinajstić information content (AvgIpc) is 2.68. The Balaban J connectivity index is 2.30. The minimum absolute atomic E-state index is 0.0693. The molecule has 0 heterocycles. The van der Waals surface area contributed by atoms with Crippen LogP contribution in [0.25, 0.3) is 0 Å². The molecule has 0 aliphatic carbocycles. The normalized spacial score (nSPS) is 11.0. The van der Waals surface area contributed by atoms with Crippen molar-refractivity contribution in [1.29, 1.82) is 0 Å². The van der Waals surface area contributed by atoms with Gasteiger partial charge >= 0.3 is 0 Å². The third-order valence-electron chi connectivity index (χ3n) is 4.25. The Morgan fingerprint density at radius 1 is 0.708 bits per heavy atom. The molecule has 0 radical (unpaired) electrons. The molecule has 1 amide bonds. The van der Waals surface area contributed by atoms with Crippen LogP contribution in [0.1, 0.15) is 0 Å². The highest BCUT2D eigenvalue weighted by Crippen LogP contribution is 2.54. The van der Waals surface area contributed by atoms with Crippen molar-refractivity contribution in [3.63, 3.8) is 0 Å². The second-order valence-corrected chi connectivity index (χ2v) is 9.13. The van der Waals surface area contributed by atoms with Gasteiger partial charge in [-0.1, -0.05) is 54.6 Å². The number of rotatable bonds is 5. The summed E-state index contributed by atoms with van der Waals surface area (Å²) in [6.45, 7) is 0. The molecule has 0 aromatic heterocycles. The third-order valence-corrected chi connectivity index (χ3v) is 8.55. The summed E-state index contributed by atoms with van der Waals surface area (Å²) in [5.74, 6) is 0.0693. The van der Waals surface area contributed by atoms with Gasteiger partial charge in [-0.05, 0) is 36.4 Å². The summed E-state index contributed by atoms with van der Waals surface area (Å²) in [4.78, 5) is 12.5. The summed E-state index contributed by atoms with van der Waals surface area (Å²) >= 11 is 0. The van der Waals surface area contributed by atoms with Gasteiger partial charge in [-0.25, -0.2) is 0 Å². The van der Waals surface area contributed by atoms with E-state index >= 15 is 0 Å². The summed E-state index contributed by atoms with van der Waals surface area (Å²) in [6, 6.07) is 31.3. The van der Waals surface area contributed by atoms with Gasteiger partial charge in [0, 0.05) is 7.05 Å². The van der Waals surface area contributed by atoms with E-state index in [2.05, 4.69) is 78.1 Å². The maximum absolute atomic E-state index is 12.5. The summed E-state index contributed by atoms with van der Waals surface area (Å²) < 4.78 is 0. The largest absolute Gasteiger partial charge is 0.356 e. The highest BCUT2D eigenvalue weighted by atomic mass is 31.2. The van der Waals surface area contributed by atoms with Crippen LogP contribution >= 0.6 is 7.26 Å². The molecule has 1 N–H and O–H groups in total. The zero-order valence-electron chi connectivity index (χ0n) is 13.7. The van der Waals surface area contributed by atoms with Crippen LogP contribution in [0.2, 0.25) is 0 Å². The Morgan fingerprint density at radius 3 is 1.33 bits per heavy atom. The Kier molecular flexibility index (Phi) is 5.08. The van der Waals surface area contributed by atoms with Crippen molar-refractivity contribution in [1.82, 2.24) is 5.32 Å². The molecule has 0 saturated heterocycles. The van der Waals surface area contributed by atoms with Gasteiger partial charge < -0.3 is 5.32 Å². The lowest BCUT2D eigenvalue weighted by Gasteiger charge is -2.26. The number of hydrogen-bond acceptors (Lipinski definition) is 1. The Labute approximate surface area is 143 Å². The molecule has 2 nitrogen and oxygen atoms in total. The van der Waals surface area contributed by atoms with E-state index in [0.717, 1.165) is 0 Å². The molecule has 0 fully saturated rings. The molecule has 0 unspecified atom stereocenters. The Hall–Kier alpha value is -2.44. The molecule has 0 aliphatic heterocycles. The molecular weight excluding hydrogens is 313 g/mol. The molecule has 3 aromatic rings. The molecule has 0 saturated carbocycles. The Morgan fingerprint density at radius 2 is 1.04 bits per heavy atom. The van der Waals surface area contributed by atoms with Crippen LogP contribution in [0.4, 0.5) is 0 Å². The van der Waals surface area contributed by atoms with Crippen LogP contribution in [-0.2, 0) is 4.79 Å². The van der Waals surface area contributed by atoms with Gasteiger partial charge in [0.2, 0.25) is 0 Å². The SMILES string of the molecule is CNC(=O)C[P+](c1ccccc1)(c1ccccc1)c1ccccc1. The smallest absolute Gasteiger partial charge is 0.258 e. The van der Waals surface area contributed by atoms with Gasteiger partial charge in [0.25, 0.3) is 5.91 Å². The second-order valence-electron chi connectivity index (χ2n) is 5.65. The number of benzene rings is 3. The summed E-state index contributed by atoms with van der Waals surface area (Å²) in [7, 11) is -0.332. The van der Waals surface area contributed by atoms with Gasteiger partial charge in [-0.2, -0.15) is 0 Å². The standard InChI is InChI=1S/C21H20NOP/c1-22-21(23)17-24(18-11-5-2-6-12-18,19-13-7-3-8-14-19)20-15-9-4-10-16-20/h2-16H,17H2,1H3/p+1. The van der Waals surface area contributed by atoms with Gasteiger partial charge in [0.05, 0.1) is 0 Å². The monoisotopic (exact) mass is 334 g/mol. The molecule has 3 aromatic carbocycles. The highest BCUT2D eigenvalue weighted by molar-refractivity contribution is 7.96. The number of carbonyl (C=O) groups is 1. The lowest BCUT2D eigenvalue weighted by molar-refractivity contribution is -0.118. The van der Waals surface area contributed by atoms with Crippen LogP contribution in [0.3, 0.4) is 0 Å².